The number of nitro groups is 1. The third-order valence-electron chi connectivity index (χ3n) is 5.17. The molecule has 1 aliphatic rings. The van der Waals surface area contributed by atoms with E-state index in [1.165, 1.54) is 25.3 Å². The normalized spacial score (nSPS) is 13.7. The van der Waals surface area contributed by atoms with Crippen LogP contribution in [0.15, 0.2) is 51.7 Å². The number of hydrogen-bond acceptors (Lipinski definition) is 9. The van der Waals surface area contributed by atoms with Crippen molar-refractivity contribution in [3.8, 4) is 5.75 Å². The van der Waals surface area contributed by atoms with E-state index in [9.17, 15) is 19.7 Å². The zero-order valence-electron chi connectivity index (χ0n) is 17.2. The van der Waals surface area contributed by atoms with Crippen LogP contribution in [0.25, 0.3) is 11.0 Å². The number of carbonyl (C=O) groups excluding carboxylic acids is 1. The summed E-state index contributed by atoms with van der Waals surface area (Å²) < 4.78 is 21.0. The number of carbonyl (C=O) groups is 1. The van der Waals surface area contributed by atoms with Crippen LogP contribution in [0.3, 0.4) is 0 Å². The van der Waals surface area contributed by atoms with Crippen LogP contribution in [0.5, 0.6) is 5.75 Å². The minimum absolute atomic E-state index is 0.159. The van der Waals surface area contributed by atoms with Crippen LogP contribution in [0, 0.1) is 10.1 Å². The highest BCUT2D eigenvalue weighted by Crippen LogP contribution is 2.28. The maximum atomic E-state index is 12.8. The summed E-state index contributed by atoms with van der Waals surface area (Å²) >= 11 is 0. The van der Waals surface area contributed by atoms with Crippen LogP contribution in [0.1, 0.15) is 15.9 Å². The largest absolute Gasteiger partial charge is 0.497 e. The Morgan fingerprint density at radius 2 is 1.94 bits per heavy atom. The van der Waals surface area contributed by atoms with Crippen LogP contribution in [0.2, 0.25) is 0 Å². The Morgan fingerprint density at radius 3 is 2.66 bits per heavy atom. The van der Waals surface area contributed by atoms with Gasteiger partial charge in [0, 0.05) is 47.9 Å². The Bertz CT molecular complexity index is 1230. The number of rotatable bonds is 6. The van der Waals surface area contributed by atoms with Crippen LogP contribution in [-0.2, 0) is 16.1 Å². The van der Waals surface area contributed by atoms with E-state index < -0.39 is 16.5 Å². The second kappa shape index (κ2) is 9.06. The van der Waals surface area contributed by atoms with Crippen LogP contribution in [-0.4, -0.2) is 44.3 Å². The average Bonchev–Trinajstić information content (AvgIpc) is 2.81. The van der Waals surface area contributed by atoms with E-state index in [1.807, 2.05) is 4.90 Å². The zero-order valence-corrected chi connectivity index (χ0v) is 17.2. The lowest BCUT2D eigenvalue weighted by molar-refractivity contribution is -0.385. The Balaban J connectivity index is 1.61. The third kappa shape index (κ3) is 4.40. The fourth-order valence-corrected chi connectivity index (χ4v) is 3.54. The van der Waals surface area contributed by atoms with Crippen molar-refractivity contribution in [1.29, 1.82) is 0 Å². The first-order valence-corrected chi connectivity index (χ1v) is 9.85. The molecule has 1 aliphatic heterocycles. The van der Waals surface area contributed by atoms with Crippen molar-refractivity contribution in [2.45, 2.75) is 6.61 Å². The predicted octanol–water partition coefficient (Wildman–Crippen LogP) is 2.90. The van der Waals surface area contributed by atoms with Gasteiger partial charge in [0.1, 0.15) is 23.5 Å². The molecule has 10 nitrogen and oxygen atoms in total. The van der Waals surface area contributed by atoms with E-state index >= 15 is 0 Å². The predicted molar refractivity (Wildman–Crippen MR) is 114 cm³/mol. The molecule has 0 bridgehead atoms. The van der Waals surface area contributed by atoms with Gasteiger partial charge in [0.25, 0.3) is 5.69 Å². The molecule has 2 heterocycles. The van der Waals surface area contributed by atoms with Crippen molar-refractivity contribution in [3.63, 3.8) is 0 Å². The van der Waals surface area contributed by atoms with Crippen molar-refractivity contribution in [2.24, 2.45) is 0 Å². The summed E-state index contributed by atoms with van der Waals surface area (Å²) in [5.74, 6) is -0.355. The Morgan fingerprint density at radius 1 is 1.16 bits per heavy atom. The number of benzene rings is 2. The standard InChI is InChI=1S/C22H20N2O8/c1-29-16-3-4-17-14(10-21(25)32-20(17)12-16)13-31-22(26)18-11-15(2-5-19(18)24(27)28)23-6-8-30-9-7-23/h2-5,10-12H,6-9,13H2,1H3. The fourth-order valence-electron chi connectivity index (χ4n) is 3.54. The van der Waals surface area contributed by atoms with Crippen LogP contribution >= 0.6 is 0 Å². The lowest BCUT2D eigenvalue weighted by Gasteiger charge is -2.29. The minimum Gasteiger partial charge on any atom is -0.497 e. The number of hydrogen-bond donors (Lipinski definition) is 0. The third-order valence-corrected chi connectivity index (χ3v) is 5.17. The lowest BCUT2D eigenvalue weighted by atomic mass is 10.1. The summed E-state index contributed by atoms with van der Waals surface area (Å²) in [6, 6.07) is 10.5. The number of anilines is 1. The summed E-state index contributed by atoms with van der Waals surface area (Å²) in [5, 5.41) is 12.0. The quantitative estimate of drug-likeness (QED) is 0.246. The molecule has 0 saturated carbocycles. The smallest absolute Gasteiger partial charge is 0.345 e. The van der Waals surface area contributed by atoms with Crippen molar-refractivity contribution < 1.29 is 28.3 Å². The maximum Gasteiger partial charge on any atom is 0.345 e. The number of ether oxygens (including phenoxy) is 3. The Hall–Kier alpha value is -3.92. The fraction of sp³-hybridized carbons (Fsp3) is 0.273. The van der Waals surface area contributed by atoms with Gasteiger partial charge in [0.15, 0.2) is 0 Å². The molecule has 0 amide bonds. The van der Waals surface area contributed by atoms with Crippen LogP contribution in [0.4, 0.5) is 11.4 Å². The molecule has 1 saturated heterocycles. The second-order valence-electron chi connectivity index (χ2n) is 7.09. The second-order valence-corrected chi connectivity index (χ2v) is 7.09. The molecule has 166 valence electrons. The first kappa shape index (κ1) is 21.3. The summed E-state index contributed by atoms with van der Waals surface area (Å²) in [5.41, 5.74) is 0.241. The minimum atomic E-state index is -0.860. The van der Waals surface area contributed by atoms with Crippen molar-refractivity contribution in [2.75, 3.05) is 38.3 Å². The number of nitrogens with zero attached hydrogens (tertiary/aromatic N) is 2. The molecule has 1 aromatic heterocycles. The Labute approximate surface area is 182 Å². The van der Waals surface area contributed by atoms with Gasteiger partial charge in [-0.15, -0.1) is 0 Å². The monoisotopic (exact) mass is 440 g/mol. The van der Waals surface area contributed by atoms with E-state index in [-0.39, 0.29) is 23.4 Å². The van der Waals surface area contributed by atoms with Gasteiger partial charge in [-0.1, -0.05) is 0 Å². The van der Waals surface area contributed by atoms with Gasteiger partial charge in [-0.2, -0.15) is 0 Å². The molecule has 4 rings (SSSR count). The Kier molecular flexibility index (Phi) is 6.04. The van der Waals surface area contributed by atoms with Gasteiger partial charge in [-0.3, -0.25) is 10.1 Å². The zero-order chi connectivity index (χ0) is 22.7. The van der Waals surface area contributed by atoms with Crippen molar-refractivity contribution in [1.82, 2.24) is 0 Å². The van der Waals surface area contributed by atoms with Crippen LogP contribution < -0.4 is 15.3 Å². The number of methoxy groups -OCH3 is 1. The molecule has 0 spiro atoms. The lowest BCUT2D eigenvalue weighted by Crippen LogP contribution is -2.36. The molecule has 32 heavy (non-hydrogen) atoms. The number of fused-ring (bicyclic) bond motifs is 1. The van der Waals surface area contributed by atoms with Gasteiger partial charge >= 0.3 is 11.6 Å². The SMILES string of the molecule is COc1ccc2c(COC(=O)c3cc(N4CCOCC4)ccc3[N+](=O)[O-])cc(=O)oc2c1. The number of esters is 1. The molecule has 0 unspecified atom stereocenters. The van der Waals surface area contributed by atoms with Gasteiger partial charge < -0.3 is 23.5 Å². The van der Waals surface area contributed by atoms with Crippen molar-refractivity contribution >= 4 is 28.3 Å². The van der Waals surface area contributed by atoms with E-state index in [4.69, 9.17) is 18.6 Å². The first-order chi connectivity index (χ1) is 15.5. The molecule has 3 aromatic rings. The highest BCUT2D eigenvalue weighted by molar-refractivity contribution is 5.95. The highest BCUT2D eigenvalue weighted by atomic mass is 16.6. The molecular formula is C22H20N2O8. The molecule has 0 N–H and O–H groups in total. The van der Waals surface area contributed by atoms with Gasteiger partial charge in [0.2, 0.25) is 0 Å². The summed E-state index contributed by atoms with van der Waals surface area (Å²) in [7, 11) is 1.49. The average molecular weight is 440 g/mol. The molecule has 1 fully saturated rings. The summed E-state index contributed by atoms with van der Waals surface area (Å²) in [6.07, 6.45) is 0. The molecule has 0 atom stereocenters. The van der Waals surface area contributed by atoms with E-state index in [0.29, 0.717) is 48.7 Å². The number of morpholine rings is 1. The first-order valence-electron chi connectivity index (χ1n) is 9.85. The summed E-state index contributed by atoms with van der Waals surface area (Å²) in [4.78, 5) is 37.6. The molecule has 2 aromatic carbocycles. The molecule has 0 radical (unpaired) electrons. The molecule has 0 aliphatic carbocycles. The van der Waals surface area contributed by atoms with Gasteiger partial charge in [-0.25, -0.2) is 9.59 Å². The molecular weight excluding hydrogens is 420 g/mol. The van der Waals surface area contributed by atoms with E-state index in [0.717, 1.165) is 0 Å². The topological polar surface area (TPSA) is 121 Å². The highest BCUT2D eigenvalue weighted by Gasteiger charge is 2.24. The van der Waals surface area contributed by atoms with E-state index in [1.54, 1.807) is 24.3 Å². The van der Waals surface area contributed by atoms with E-state index in [2.05, 4.69) is 0 Å². The van der Waals surface area contributed by atoms with Crippen molar-refractivity contribution in [3.05, 3.63) is 74.1 Å². The van der Waals surface area contributed by atoms with Gasteiger partial charge in [-0.05, 0) is 24.3 Å². The maximum absolute atomic E-state index is 12.8. The number of nitro benzene ring substituents is 1. The van der Waals surface area contributed by atoms with Gasteiger partial charge in [0.05, 0.1) is 25.2 Å². The molecule has 10 heteroatoms. The summed E-state index contributed by atoms with van der Waals surface area (Å²) in [6.45, 7) is 2.03.